The summed E-state index contributed by atoms with van der Waals surface area (Å²) in [6.07, 6.45) is 0. The second-order valence-electron chi connectivity index (χ2n) is 9.01. The molecule has 0 saturated heterocycles. The smallest absolute Gasteiger partial charge is 0.264 e. The molecule has 5 aromatic rings. The topological polar surface area (TPSA) is 113 Å². The quantitative estimate of drug-likeness (QED) is 0.232. The highest BCUT2D eigenvalue weighted by atomic mass is 32.2. The van der Waals surface area contributed by atoms with Gasteiger partial charge in [0.05, 0.1) is 21.2 Å². The molecule has 208 valence electrons. The molecule has 0 heterocycles. The Hall–Kier alpha value is -4.74. The van der Waals surface area contributed by atoms with Gasteiger partial charge in [-0.3, -0.25) is 13.8 Å². The summed E-state index contributed by atoms with van der Waals surface area (Å²) in [5.74, 6) is -1.25. The molecular weight excluding hydrogens is 565 g/mol. The predicted octanol–water partition coefficient (Wildman–Crippen LogP) is 5.61. The number of rotatable bonds is 9. The van der Waals surface area contributed by atoms with Crippen LogP contribution in [0.4, 0.5) is 21.5 Å². The third-order valence-corrected chi connectivity index (χ3v) is 9.38. The fourth-order valence-electron chi connectivity index (χ4n) is 4.21. The van der Waals surface area contributed by atoms with Crippen molar-refractivity contribution in [2.24, 2.45) is 0 Å². The molecule has 0 spiro atoms. The molecule has 41 heavy (non-hydrogen) atoms. The van der Waals surface area contributed by atoms with Crippen molar-refractivity contribution in [2.45, 2.75) is 9.79 Å². The summed E-state index contributed by atoms with van der Waals surface area (Å²) in [5, 5.41) is 4.24. The Morgan fingerprint density at radius 1 is 0.683 bits per heavy atom. The number of fused-ring (bicyclic) bond motifs is 1. The van der Waals surface area contributed by atoms with Gasteiger partial charge in [0.1, 0.15) is 12.4 Å². The van der Waals surface area contributed by atoms with Crippen LogP contribution in [0.1, 0.15) is 0 Å². The fourth-order valence-corrected chi connectivity index (χ4v) is 6.71. The van der Waals surface area contributed by atoms with Crippen LogP contribution in [0.5, 0.6) is 0 Å². The summed E-state index contributed by atoms with van der Waals surface area (Å²) < 4.78 is 69.8. The zero-order chi connectivity index (χ0) is 29.0. The third-order valence-electron chi connectivity index (χ3n) is 6.22. The summed E-state index contributed by atoms with van der Waals surface area (Å²) in [6, 6.07) is 30.6. The van der Waals surface area contributed by atoms with Crippen molar-refractivity contribution in [3.8, 4) is 0 Å². The van der Waals surface area contributed by atoms with Crippen molar-refractivity contribution < 1.29 is 26.0 Å². The van der Waals surface area contributed by atoms with Gasteiger partial charge in [0, 0.05) is 11.1 Å². The zero-order valence-corrected chi connectivity index (χ0v) is 23.1. The van der Waals surface area contributed by atoms with Crippen LogP contribution in [0.25, 0.3) is 10.8 Å². The van der Waals surface area contributed by atoms with Crippen LogP contribution in [-0.2, 0) is 24.8 Å². The number of carbonyl (C=O) groups excluding carboxylic acids is 1. The van der Waals surface area contributed by atoms with E-state index in [0.717, 1.165) is 39.3 Å². The number of benzene rings is 5. The van der Waals surface area contributed by atoms with Crippen LogP contribution < -0.4 is 14.3 Å². The average Bonchev–Trinajstić information content (AvgIpc) is 2.97. The Balaban J connectivity index is 1.33. The Morgan fingerprint density at radius 2 is 1.29 bits per heavy atom. The summed E-state index contributed by atoms with van der Waals surface area (Å²) in [5.41, 5.74) is 0.947. The van der Waals surface area contributed by atoms with Crippen molar-refractivity contribution in [3.63, 3.8) is 0 Å². The van der Waals surface area contributed by atoms with E-state index in [9.17, 15) is 26.0 Å². The molecule has 1 amide bonds. The lowest BCUT2D eigenvalue weighted by molar-refractivity contribution is -0.114. The standard InChI is InChI=1S/C30H24FN3O5S2/c31-23-13-17-27(18-14-23)41(38,39)34(25-9-2-1-3-10-25)21-30(35)32-24-15-19-26(20-16-24)40(36,37)33-29-12-6-8-22-7-4-5-11-28(22)29/h1-20,33H,21H2,(H,32,35). The van der Waals surface area contributed by atoms with E-state index in [0.29, 0.717) is 5.69 Å². The van der Waals surface area contributed by atoms with Crippen LogP contribution in [0.2, 0.25) is 0 Å². The molecular formula is C30H24FN3O5S2. The van der Waals surface area contributed by atoms with Gasteiger partial charge in [-0.05, 0) is 72.1 Å². The minimum Gasteiger partial charge on any atom is -0.325 e. The first kappa shape index (κ1) is 27.8. The van der Waals surface area contributed by atoms with E-state index in [2.05, 4.69) is 10.0 Å². The number of nitrogens with zero attached hydrogens (tertiary/aromatic N) is 1. The van der Waals surface area contributed by atoms with Crippen molar-refractivity contribution in [1.82, 2.24) is 0 Å². The van der Waals surface area contributed by atoms with Gasteiger partial charge in [-0.25, -0.2) is 21.2 Å². The van der Waals surface area contributed by atoms with Gasteiger partial charge in [0.2, 0.25) is 5.91 Å². The summed E-state index contributed by atoms with van der Waals surface area (Å²) in [6.45, 7) is -0.577. The van der Waals surface area contributed by atoms with Crippen LogP contribution >= 0.6 is 0 Å². The Labute approximate surface area is 237 Å². The van der Waals surface area contributed by atoms with Crippen LogP contribution in [0.15, 0.2) is 131 Å². The van der Waals surface area contributed by atoms with E-state index in [1.54, 1.807) is 30.3 Å². The van der Waals surface area contributed by atoms with Crippen LogP contribution in [0, 0.1) is 5.82 Å². The highest BCUT2D eigenvalue weighted by Crippen LogP contribution is 2.27. The maximum atomic E-state index is 13.4. The number of carbonyl (C=O) groups is 1. The van der Waals surface area contributed by atoms with E-state index in [1.807, 2.05) is 30.3 Å². The Morgan fingerprint density at radius 3 is 2.00 bits per heavy atom. The number of anilines is 3. The molecule has 0 fully saturated rings. The molecule has 0 aliphatic carbocycles. The lowest BCUT2D eigenvalue weighted by Gasteiger charge is -2.24. The first-order valence-corrected chi connectivity index (χ1v) is 15.3. The minimum absolute atomic E-state index is 0.0202. The maximum absolute atomic E-state index is 13.4. The van der Waals surface area contributed by atoms with E-state index in [-0.39, 0.29) is 21.2 Å². The second-order valence-corrected chi connectivity index (χ2v) is 12.6. The molecule has 2 N–H and O–H groups in total. The number of halogens is 1. The first-order valence-electron chi connectivity index (χ1n) is 12.4. The van der Waals surface area contributed by atoms with Gasteiger partial charge in [-0.1, -0.05) is 54.6 Å². The molecule has 5 rings (SSSR count). The maximum Gasteiger partial charge on any atom is 0.264 e. The highest BCUT2D eigenvalue weighted by molar-refractivity contribution is 7.93. The van der Waals surface area contributed by atoms with Gasteiger partial charge in [-0.15, -0.1) is 0 Å². The largest absolute Gasteiger partial charge is 0.325 e. The molecule has 0 aliphatic rings. The lowest BCUT2D eigenvalue weighted by Crippen LogP contribution is -2.38. The van der Waals surface area contributed by atoms with E-state index in [1.165, 1.54) is 36.4 Å². The van der Waals surface area contributed by atoms with Crippen molar-refractivity contribution in [2.75, 3.05) is 20.9 Å². The number of hydrogen-bond donors (Lipinski definition) is 2. The first-order chi connectivity index (χ1) is 19.6. The summed E-state index contributed by atoms with van der Waals surface area (Å²) in [4.78, 5) is 12.8. The van der Waals surface area contributed by atoms with Crippen LogP contribution in [-0.4, -0.2) is 29.3 Å². The minimum atomic E-state index is -4.21. The summed E-state index contributed by atoms with van der Waals surface area (Å²) in [7, 11) is -8.15. The van der Waals surface area contributed by atoms with Crippen molar-refractivity contribution in [1.29, 1.82) is 0 Å². The number of sulfonamides is 2. The van der Waals surface area contributed by atoms with E-state index in [4.69, 9.17) is 0 Å². The monoisotopic (exact) mass is 589 g/mol. The predicted molar refractivity (Wildman–Crippen MR) is 157 cm³/mol. The third kappa shape index (κ3) is 6.21. The molecule has 0 radical (unpaired) electrons. The number of nitrogens with one attached hydrogen (secondary N) is 2. The molecule has 0 atom stereocenters. The molecule has 5 aromatic carbocycles. The Kier molecular flexibility index (Phi) is 7.73. The van der Waals surface area contributed by atoms with Crippen LogP contribution in [0.3, 0.4) is 0 Å². The highest BCUT2D eigenvalue weighted by Gasteiger charge is 2.27. The SMILES string of the molecule is O=C(CN(c1ccccc1)S(=O)(=O)c1ccc(F)cc1)Nc1ccc(S(=O)(=O)Nc2cccc3ccccc23)cc1. The average molecular weight is 590 g/mol. The zero-order valence-electron chi connectivity index (χ0n) is 21.4. The van der Waals surface area contributed by atoms with Gasteiger partial charge in [0.15, 0.2) is 0 Å². The number of hydrogen-bond acceptors (Lipinski definition) is 5. The van der Waals surface area contributed by atoms with Gasteiger partial charge < -0.3 is 5.32 Å². The molecule has 0 aromatic heterocycles. The Bertz CT molecular complexity index is 1910. The molecule has 8 nitrogen and oxygen atoms in total. The summed E-state index contributed by atoms with van der Waals surface area (Å²) >= 11 is 0. The molecule has 0 bridgehead atoms. The van der Waals surface area contributed by atoms with Crippen molar-refractivity contribution in [3.05, 3.63) is 127 Å². The molecule has 11 heteroatoms. The number of amides is 1. The molecule has 0 aliphatic heterocycles. The van der Waals surface area contributed by atoms with E-state index >= 15 is 0 Å². The molecule has 0 unspecified atom stereocenters. The van der Waals surface area contributed by atoms with Gasteiger partial charge in [-0.2, -0.15) is 0 Å². The molecule has 0 saturated carbocycles. The lowest BCUT2D eigenvalue weighted by atomic mass is 10.1. The number of para-hydroxylation sites is 1. The normalized spacial score (nSPS) is 11.6. The second kappa shape index (κ2) is 11.4. The van der Waals surface area contributed by atoms with Gasteiger partial charge >= 0.3 is 0 Å². The fraction of sp³-hybridized carbons (Fsp3) is 0.0333. The van der Waals surface area contributed by atoms with Crippen molar-refractivity contribution >= 4 is 53.8 Å². The van der Waals surface area contributed by atoms with E-state index < -0.39 is 38.3 Å². The van der Waals surface area contributed by atoms with Gasteiger partial charge in [0.25, 0.3) is 20.0 Å².